The van der Waals surface area contributed by atoms with Gasteiger partial charge in [-0.3, -0.25) is 9.48 Å². The zero-order valence-electron chi connectivity index (χ0n) is 13.3. The molecule has 0 aliphatic heterocycles. The van der Waals surface area contributed by atoms with Crippen LogP contribution in [0.1, 0.15) is 45.5 Å². The van der Waals surface area contributed by atoms with Crippen molar-refractivity contribution >= 4 is 5.97 Å². The molecule has 0 saturated carbocycles. The summed E-state index contributed by atoms with van der Waals surface area (Å²) in [5.74, 6) is -0.205. The molecule has 0 aromatic carbocycles. The number of esters is 1. The third-order valence-electron chi connectivity index (χ3n) is 3.74. The van der Waals surface area contributed by atoms with E-state index in [-0.39, 0.29) is 5.97 Å². The normalized spacial score (nSPS) is 14.1. The summed E-state index contributed by atoms with van der Waals surface area (Å²) in [6.07, 6.45) is 2.53. The standard InChI is InChI=1S/C15H27N3O2/c1-6-12-11-13(7-2)18(17-12)10-9-15(4,16-5)14(19)20-8-3/h11,16H,6-10H2,1-5H3. The highest BCUT2D eigenvalue weighted by atomic mass is 16.5. The molecule has 5 nitrogen and oxygen atoms in total. The summed E-state index contributed by atoms with van der Waals surface area (Å²) in [6.45, 7) is 9.03. The van der Waals surface area contributed by atoms with Gasteiger partial charge in [0.2, 0.25) is 0 Å². The van der Waals surface area contributed by atoms with Crippen molar-refractivity contribution in [2.45, 2.75) is 59.0 Å². The molecule has 0 spiro atoms. The third kappa shape index (κ3) is 3.82. The minimum atomic E-state index is -0.667. The van der Waals surface area contributed by atoms with Gasteiger partial charge >= 0.3 is 5.97 Å². The molecule has 1 rings (SSSR count). The maximum Gasteiger partial charge on any atom is 0.326 e. The Bertz CT molecular complexity index is 442. The number of likely N-dealkylation sites (N-methyl/N-ethyl adjacent to an activating group) is 1. The monoisotopic (exact) mass is 281 g/mol. The lowest BCUT2D eigenvalue weighted by atomic mass is 9.98. The maximum absolute atomic E-state index is 12.0. The van der Waals surface area contributed by atoms with Crippen LogP contribution in [-0.2, 0) is 28.9 Å². The number of carbonyl (C=O) groups is 1. The van der Waals surface area contributed by atoms with Crippen LogP contribution in [0, 0.1) is 0 Å². The van der Waals surface area contributed by atoms with Crippen molar-refractivity contribution < 1.29 is 9.53 Å². The van der Waals surface area contributed by atoms with E-state index < -0.39 is 5.54 Å². The van der Waals surface area contributed by atoms with Gasteiger partial charge in [0.25, 0.3) is 0 Å². The van der Waals surface area contributed by atoms with Crippen LogP contribution < -0.4 is 5.32 Å². The van der Waals surface area contributed by atoms with E-state index in [0.29, 0.717) is 19.6 Å². The van der Waals surface area contributed by atoms with Gasteiger partial charge in [-0.2, -0.15) is 5.10 Å². The Morgan fingerprint density at radius 2 is 2.10 bits per heavy atom. The molecule has 1 heterocycles. The molecule has 20 heavy (non-hydrogen) atoms. The molecule has 1 unspecified atom stereocenters. The van der Waals surface area contributed by atoms with Crippen molar-refractivity contribution in [1.29, 1.82) is 0 Å². The molecular formula is C15H27N3O2. The van der Waals surface area contributed by atoms with Gasteiger partial charge in [0.05, 0.1) is 12.3 Å². The zero-order valence-corrected chi connectivity index (χ0v) is 13.3. The Morgan fingerprint density at radius 3 is 2.60 bits per heavy atom. The number of nitrogens with one attached hydrogen (secondary N) is 1. The number of aromatic nitrogens is 2. The van der Waals surface area contributed by atoms with E-state index >= 15 is 0 Å². The fourth-order valence-electron chi connectivity index (χ4n) is 2.11. The van der Waals surface area contributed by atoms with E-state index in [9.17, 15) is 4.79 Å². The van der Waals surface area contributed by atoms with Crippen molar-refractivity contribution in [2.75, 3.05) is 13.7 Å². The topological polar surface area (TPSA) is 56.2 Å². The number of aryl methyl sites for hydroxylation is 3. The lowest BCUT2D eigenvalue weighted by Gasteiger charge is -2.26. The van der Waals surface area contributed by atoms with Crippen LogP contribution in [0.4, 0.5) is 0 Å². The summed E-state index contributed by atoms with van der Waals surface area (Å²) < 4.78 is 7.15. The molecule has 1 aromatic heterocycles. The average molecular weight is 281 g/mol. The second-order valence-electron chi connectivity index (χ2n) is 5.11. The highest BCUT2D eigenvalue weighted by molar-refractivity contribution is 5.80. The summed E-state index contributed by atoms with van der Waals surface area (Å²) in [5.41, 5.74) is 1.65. The lowest BCUT2D eigenvalue weighted by molar-refractivity contribution is -0.150. The summed E-state index contributed by atoms with van der Waals surface area (Å²) in [7, 11) is 1.79. The molecule has 114 valence electrons. The van der Waals surface area contributed by atoms with Crippen molar-refractivity contribution in [2.24, 2.45) is 0 Å². The first-order valence-electron chi connectivity index (χ1n) is 7.42. The van der Waals surface area contributed by atoms with Crippen molar-refractivity contribution in [3.63, 3.8) is 0 Å². The smallest absolute Gasteiger partial charge is 0.326 e. The summed E-state index contributed by atoms with van der Waals surface area (Å²) >= 11 is 0. The average Bonchev–Trinajstić information content (AvgIpc) is 2.87. The molecule has 0 amide bonds. The number of ether oxygens (including phenoxy) is 1. The minimum absolute atomic E-state index is 0.205. The first-order valence-corrected chi connectivity index (χ1v) is 7.42. The summed E-state index contributed by atoms with van der Waals surface area (Å²) in [5, 5.41) is 7.65. The molecule has 0 bridgehead atoms. The highest BCUT2D eigenvalue weighted by Crippen LogP contribution is 2.15. The van der Waals surface area contributed by atoms with Crippen LogP contribution in [0.3, 0.4) is 0 Å². The van der Waals surface area contributed by atoms with Gasteiger partial charge in [0.1, 0.15) is 5.54 Å². The van der Waals surface area contributed by atoms with E-state index in [1.807, 2.05) is 18.5 Å². The van der Waals surface area contributed by atoms with Gasteiger partial charge in [-0.05, 0) is 46.2 Å². The first kappa shape index (κ1) is 16.7. The molecule has 0 saturated heterocycles. The van der Waals surface area contributed by atoms with E-state index in [0.717, 1.165) is 18.5 Å². The molecular weight excluding hydrogens is 254 g/mol. The van der Waals surface area contributed by atoms with E-state index in [2.05, 4.69) is 30.3 Å². The fourth-order valence-corrected chi connectivity index (χ4v) is 2.11. The quantitative estimate of drug-likeness (QED) is 0.740. The molecule has 1 atom stereocenters. The number of nitrogens with zero attached hydrogens (tertiary/aromatic N) is 2. The first-order chi connectivity index (χ1) is 9.50. The van der Waals surface area contributed by atoms with Crippen molar-refractivity contribution in [1.82, 2.24) is 15.1 Å². The fraction of sp³-hybridized carbons (Fsp3) is 0.733. The predicted molar refractivity (Wildman–Crippen MR) is 79.7 cm³/mol. The van der Waals surface area contributed by atoms with E-state index in [4.69, 9.17) is 4.74 Å². The third-order valence-corrected chi connectivity index (χ3v) is 3.74. The number of rotatable bonds is 8. The van der Waals surface area contributed by atoms with Crippen LogP contribution in [0.15, 0.2) is 6.07 Å². The van der Waals surface area contributed by atoms with Gasteiger partial charge in [0, 0.05) is 12.2 Å². The zero-order chi connectivity index (χ0) is 15.2. The molecule has 0 aliphatic rings. The number of carbonyl (C=O) groups excluding carboxylic acids is 1. The van der Waals surface area contributed by atoms with E-state index in [1.165, 1.54) is 5.69 Å². The van der Waals surface area contributed by atoms with Gasteiger partial charge < -0.3 is 10.1 Å². The van der Waals surface area contributed by atoms with Gasteiger partial charge in [-0.1, -0.05) is 13.8 Å². The van der Waals surface area contributed by atoms with Crippen LogP contribution in [0.25, 0.3) is 0 Å². The van der Waals surface area contributed by atoms with Crippen LogP contribution in [0.2, 0.25) is 0 Å². The van der Waals surface area contributed by atoms with Crippen LogP contribution in [-0.4, -0.2) is 34.9 Å². The molecule has 0 aliphatic carbocycles. The molecule has 5 heteroatoms. The lowest BCUT2D eigenvalue weighted by Crippen LogP contribution is -2.49. The molecule has 1 aromatic rings. The Morgan fingerprint density at radius 1 is 1.40 bits per heavy atom. The van der Waals surface area contributed by atoms with Gasteiger partial charge in [0.15, 0.2) is 0 Å². The van der Waals surface area contributed by atoms with Crippen molar-refractivity contribution in [3.05, 3.63) is 17.5 Å². The maximum atomic E-state index is 12.0. The SMILES string of the molecule is CCOC(=O)C(C)(CCn1nc(CC)cc1CC)NC. The Labute approximate surface area is 121 Å². The minimum Gasteiger partial charge on any atom is -0.465 e. The van der Waals surface area contributed by atoms with Crippen LogP contribution in [0.5, 0.6) is 0 Å². The number of hydrogen-bond acceptors (Lipinski definition) is 4. The second-order valence-corrected chi connectivity index (χ2v) is 5.11. The summed E-state index contributed by atoms with van der Waals surface area (Å²) in [6, 6.07) is 2.14. The summed E-state index contributed by atoms with van der Waals surface area (Å²) in [4.78, 5) is 12.0. The van der Waals surface area contributed by atoms with Crippen molar-refractivity contribution in [3.8, 4) is 0 Å². The molecule has 1 N–H and O–H groups in total. The van der Waals surface area contributed by atoms with Crippen LogP contribution >= 0.6 is 0 Å². The molecule has 0 fully saturated rings. The predicted octanol–water partition coefficient (Wildman–Crippen LogP) is 1.94. The Hall–Kier alpha value is -1.36. The van der Waals surface area contributed by atoms with Gasteiger partial charge in [-0.25, -0.2) is 0 Å². The Balaban J connectivity index is 2.77. The highest BCUT2D eigenvalue weighted by Gasteiger charge is 2.32. The second kappa shape index (κ2) is 7.43. The number of hydrogen-bond donors (Lipinski definition) is 1. The Kier molecular flexibility index (Phi) is 6.20. The van der Waals surface area contributed by atoms with E-state index in [1.54, 1.807) is 7.05 Å². The molecule has 0 radical (unpaired) electrons. The largest absolute Gasteiger partial charge is 0.465 e. The van der Waals surface area contributed by atoms with Gasteiger partial charge in [-0.15, -0.1) is 0 Å².